The van der Waals surface area contributed by atoms with Crippen LogP contribution in [0.3, 0.4) is 0 Å². The lowest BCUT2D eigenvalue weighted by Crippen LogP contribution is -1.86. The zero-order valence-corrected chi connectivity index (χ0v) is 17.7. The predicted octanol–water partition coefficient (Wildman–Crippen LogP) is 6.07. The van der Waals surface area contributed by atoms with Crippen molar-refractivity contribution in [1.29, 1.82) is 0 Å². The first-order valence-electron chi connectivity index (χ1n) is 9.75. The van der Waals surface area contributed by atoms with Gasteiger partial charge in [-0.05, 0) is 71.8 Å². The maximum Gasteiger partial charge on any atom is 0.159 e. The van der Waals surface area contributed by atoms with Crippen LogP contribution >= 0.6 is 0 Å². The van der Waals surface area contributed by atoms with E-state index >= 15 is 0 Å². The second kappa shape index (κ2) is 12.5. The first-order valence-corrected chi connectivity index (χ1v) is 9.75. The molecule has 0 saturated heterocycles. The van der Waals surface area contributed by atoms with E-state index < -0.39 is 23.3 Å². The summed E-state index contributed by atoms with van der Waals surface area (Å²) >= 11 is 0. The lowest BCUT2D eigenvalue weighted by atomic mass is 10.1. The zero-order valence-electron chi connectivity index (χ0n) is 17.7. The Morgan fingerprint density at radius 3 is 1.06 bits per heavy atom. The Kier molecular flexibility index (Phi) is 9.52. The molecule has 4 nitrogen and oxygen atoms in total. The van der Waals surface area contributed by atoms with E-state index in [2.05, 4.69) is 0 Å². The summed E-state index contributed by atoms with van der Waals surface area (Å²) in [5.41, 5.74) is 15.4. The van der Waals surface area contributed by atoms with Gasteiger partial charge in [-0.2, -0.15) is 0 Å². The fourth-order valence-electron chi connectivity index (χ4n) is 2.52. The van der Waals surface area contributed by atoms with E-state index in [4.69, 9.17) is 11.5 Å². The normalized spacial score (nSPS) is 9.65. The molecule has 0 radical (unpaired) electrons. The molecule has 0 aliphatic carbocycles. The number of hydrogen-bond acceptors (Lipinski definition) is 4. The second-order valence-corrected chi connectivity index (χ2v) is 6.83. The number of anilines is 2. The number of rotatable bonds is 3. The minimum atomic E-state index is -0.996. The number of carbonyl (C=O) groups excluding carboxylic acids is 2. The Morgan fingerprint density at radius 1 is 0.471 bits per heavy atom. The first-order chi connectivity index (χ1) is 16.2. The highest BCUT2D eigenvalue weighted by atomic mass is 19.2. The molecule has 0 amide bonds. The number of halogens is 4. The Morgan fingerprint density at radius 2 is 0.794 bits per heavy atom. The molecule has 0 fully saturated rings. The third-order valence-electron chi connectivity index (χ3n) is 4.31. The maximum atomic E-state index is 12.2. The summed E-state index contributed by atoms with van der Waals surface area (Å²) in [7, 11) is 0. The number of aldehydes is 2. The molecule has 34 heavy (non-hydrogen) atoms. The highest BCUT2D eigenvalue weighted by Gasteiger charge is 2.01. The van der Waals surface area contributed by atoms with E-state index in [1.54, 1.807) is 0 Å². The van der Waals surface area contributed by atoms with Gasteiger partial charge >= 0.3 is 0 Å². The van der Waals surface area contributed by atoms with Crippen LogP contribution in [-0.2, 0) is 0 Å². The van der Waals surface area contributed by atoms with Gasteiger partial charge in [0, 0.05) is 22.5 Å². The molecule has 4 aromatic carbocycles. The fraction of sp³-hybridized carbons (Fsp3) is 0. The average molecular weight is 468 g/mol. The monoisotopic (exact) mass is 468 g/mol. The van der Waals surface area contributed by atoms with E-state index in [-0.39, 0.29) is 11.1 Å². The molecule has 4 rings (SSSR count). The van der Waals surface area contributed by atoms with Crippen LogP contribution in [0.5, 0.6) is 0 Å². The molecule has 0 bridgehead atoms. The molecule has 0 aliphatic heterocycles. The van der Waals surface area contributed by atoms with Gasteiger partial charge in [0.1, 0.15) is 12.6 Å². The molecular formula is C26H20F4N2O2. The second-order valence-electron chi connectivity index (χ2n) is 6.83. The Labute approximate surface area is 193 Å². The summed E-state index contributed by atoms with van der Waals surface area (Å²) in [5.74, 6) is -3.87. The molecule has 4 aromatic rings. The number of nitrogens with two attached hydrogens (primary N) is 2. The van der Waals surface area contributed by atoms with Crippen LogP contribution in [0.4, 0.5) is 28.9 Å². The summed E-state index contributed by atoms with van der Waals surface area (Å²) < 4.78 is 48.8. The Hall–Kier alpha value is -4.46. The molecule has 0 heterocycles. The average Bonchev–Trinajstić information content (AvgIpc) is 2.84. The van der Waals surface area contributed by atoms with Crippen LogP contribution in [0.1, 0.15) is 20.7 Å². The van der Waals surface area contributed by atoms with Gasteiger partial charge in [0.15, 0.2) is 23.3 Å². The van der Waals surface area contributed by atoms with Gasteiger partial charge in [-0.1, -0.05) is 24.3 Å². The van der Waals surface area contributed by atoms with E-state index in [0.29, 0.717) is 12.6 Å². The van der Waals surface area contributed by atoms with Crippen LogP contribution in [0.25, 0.3) is 11.1 Å². The highest BCUT2D eigenvalue weighted by molar-refractivity contribution is 5.75. The molecule has 174 valence electrons. The summed E-state index contributed by atoms with van der Waals surface area (Å²) in [6.07, 6.45) is 0.922. The van der Waals surface area contributed by atoms with Gasteiger partial charge in [-0.25, -0.2) is 17.6 Å². The number of hydrogen-bond donors (Lipinski definition) is 2. The van der Waals surface area contributed by atoms with E-state index in [9.17, 15) is 27.2 Å². The molecular weight excluding hydrogens is 448 g/mol. The van der Waals surface area contributed by atoms with Gasteiger partial charge in [-0.15, -0.1) is 0 Å². The maximum absolute atomic E-state index is 12.2. The van der Waals surface area contributed by atoms with Crippen molar-refractivity contribution in [1.82, 2.24) is 0 Å². The van der Waals surface area contributed by atoms with Gasteiger partial charge in [0.25, 0.3) is 0 Å². The van der Waals surface area contributed by atoms with Gasteiger partial charge in [-0.3, -0.25) is 9.59 Å². The number of benzene rings is 4. The van der Waals surface area contributed by atoms with Crippen LogP contribution in [0, 0.1) is 23.3 Å². The van der Waals surface area contributed by atoms with Crippen molar-refractivity contribution in [3.8, 4) is 11.1 Å². The predicted molar refractivity (Wildman–Crippen MR) is 124 cm³/mol. The van der Waals surface area contributed by atoms with E-state index in [0.717, 1.165) is 46.8 Å². The quantitative estimate of drug-likeness (QED) is 0.217. The van der Waals surface area contributed by atoms with Crippen molar-refractivity contribution < 1.29 is 27.2 Å². The van der Waals surface area contributed by atoms with Crippen molar-refractivity contribution in [3.63, 3.8) is 0 Å². The van der Waals surface area contributed by atoms with Crippen molar-refractivity contribution in [2.24, 2.45) is 0 Å². The molecule has 0 aromatic heterocycles. The van der Waals surface area contributed by atoms with Gasteiger partial charge < -0.3 is 11.5 Å². The summed E-state index contributed by atoms with van der Waals surface area (Å²) in [6, 6.07) is 21.5. The molecule has 8 heteroatoms. The molecule has 0 aliphatic rings. The van der Waals surface area contributed by atoms with Gasteiger partial charge in [0.05, 0.1) is 0 Å². The molecule has 0 spiro atoms. The van der Waals surface area contributed by atoms with Crippen LogP contribution < -0.4 is 11.5 Å². The minimum Gasteiger partial charge on any atom is -0.399 e. The summed E-state index contributed by atoms with van der Waals surface area (Å²) in [6.45, 7) is 0. The first kappa shape index (κ1) is 25.8. The third kappa shape index (κ3) is 7.90. The third-order valence-corrected chi connectivity index (χ3v) is 4.31. The van der Waals surface area contributed by atoms with Crippen molar-refractivity contribution in [2.45, 2.75) is 0 Å². The zero-order chi connectivity index (χ0) is 25.1. The lowest BCUT2D eigenvalue weighted by molar-refractivity contribution is 0.111. The molecule has 4 N–H and O–H groups in total. The Balaban J connectivity index is 0.000000185. The van der Waals surface area contributed by atoms with E-state index in [1.807, 2.05) is 48.5 Å². The number of carbonyl (C=O) groups is 2. The largest absolute Gasteiger partial charge is 0.399 e. The molecule has 0 unspecified atom stereocenters. The van der Waals surface area contributed by atoms with E-state index in [1.165, 1.54) is 12.1 Å². The van der Waals surface area contributed by atoms with Crippen LogP contribution in [0.15, 0.2) is 84.9 Å². The fourth-order valence-corrected chi connectivity index (χ4v) is 2.52. The van der Waals surface area contributed by atoms with Crippen molar-refractivity contribution in [3.05, 3.63) is 119 Å². The lowest BCUT2D eigenvalue weighted by Gasteiger charge is -2.02. The van der Waals surface area contributed by atoms with Gasteiger partial charge in [0.2, 0.25) is 0 Å². The topological polar surface area (TPSA) is 86.2 Å². The summed E-state index contributed by atoms with van der Waals surface area (Å²) in [5, 5.41) is 0. The van der Waals surface area contributed by atoms with Crippen LogP contribution in [0.2, 0.25) is 0 Å². The standard InChI is InChI=1S/C12H12N2.2C7H4F2O/c13-11-5-1-9(2-6-11)10-3-7-12(14)8-4-10;2*8-6-2-1-5(4-10)3-7(6)9/h1-8H,13-14H2;2*1-4H. The van der Waals surface area contributed by atoms with Crippen molar-refractivity contribution >= 4 is 23.9 Å². The Bertz CT molecular complexity index is 1150. The summed E-state index contributed by atoms with van der Waals surface area (Å²) in [4.78, 5) is 20.0. The number of nitrogen functional groups attached to an aromatic ring is 2. The highest BCUT2D eigenvalue weighted by Crippen LogP contribution is 2.21. The minimum absolute atomic E-state index is 0.138. The molecule has 0 atom stereocenters. The smallest absolute Gasteiger partial charge is 0.159 e. The SMILES string of the molecule is Nc1ccc(-c2ccc(N)cc2)cc1.O=Cc1ccc(F)c(F)c1.O=Cc1ccc(F)c(F)c1. The van der Waals surface area contributed by atoms with Crippen LogP contribution in [-0.4, -0.2) is 12.6 Å². The van der Waals surface area contributed by atoms with Crippen molar-refractivity contribution in [2.75, 3.05) is 11.5 Å². The molecule has 0 saturated carbocycles.